The van der Waals surface area contributed by atoms with Crippen molar-refractivity contribution < 1.29 is 5.11 Å². The van der Waals surface area contributed by atoms with Crippen molar-refractivity contribution in [3.05, 3.63) is 95.1 Å². The number of rotatable bonds is 5. The lowest BCUT2D eigenvalue weighted by molar-refractivity contribution is 0.412. The fourth-order valence-corrected chi connectivity index (χ4v) is 4.16. The number of nitrogens with one attached hydrogen (secondary N) is 1. The number of aromatic hydroxyl groups is 1. The van der Waals surface area contributed by atoms with E-state index in [4.69, 9.17) is 4.99 Å². The first kappa shape index (κ1) is 19.7. The number of para-hydroxylation sites is 1. The Labute approximate surface area is 176 Å². The van der Waals surface area contributed by atoms with Gasteiger partial charge in [0.2, 0.25) is 0 Å². The van der Waals surface area contributed by atoms with E-state index in [2.05, 4.69) is 67.0 Å². The molecule has 0 fully saturated rings. The number of thioether (sulfide) groups is 1. The average Bonchev–Trinajstić information content (AvgIpc) is 2.79. The van der Waals surface area contributed by atoms with Gasteiger partial charge in [-0.05, 0) is 47.6 Å². The number of aryl methyl sites for hydroxylation is 1. The zero-order valence-corrected chi connectivity index (χ0v) is 17.6. The number of hydrogen-bond acceptors (Lipinski definition) is 4. The highest BCUT2D eigenvalue weighted by molar-refractivity contribution is 7.98. The van der Waals surface area contributed by atoms with Crippen LogP contribution in [0.5, 0.6) is 5.75 Å². The number of hydrogen-bond donors (Lipinski definition) is 2. The lowest BCUT2D eigenvalue weighted by Crippen LogP contribution is -2.33. The largest absolute Gasteiger partial charge is 0.508 e. The molecule has 1 heterocycles. The minimum atomic E-state index is -0.148. The summed E-state index contributed by atoms with van der Waals surface area (Å²) < 4.78 is 0. The van der Waals surface area contributed by atoms with Gasteiger partial charge in [-0.2, -0.15) is 0 Å². The second-order valence-electron chi connectivity index (χ2n) is 7.28. The Morgan fingerprint density at radius 3 is 2.38 bits per heavy atom. The Bertz CT molecular complexity index is 996. The summed E-state index contributed by atoms with van der Waals surface area (Å²) in [5.74, 6) is 0.323. The van der Waals surface area contributed by atoms with Gasteiger partial charge in [-0.1, -0.05) is 61.5 Å². The van der Waals surface area contributed by atoms with Crippen LogP contribution in [0.4, 0.5) is 0 Å². The molecule has 3 aromatic carbocycles. The zero-order chi connectivity index (χ0) is 20.2. The number of aliphatic imine (C=N–C) groups is 1. The third-order valence-electron chi connectivity index (χ3n) is 5.48. The Hall–Kier alpha value is -2.56. The van der Waals surface area contributed by atoms with Crippen molar-refractivity contribution >= 4 is 17.5 Å². The maximum atomic E-state index is 10.4. The molecule has 4 heteroatoms. The van der Waals surface area contributed by atoms with Crippen molar-refractivity contribution in [3.8, 4) is 5.75 Å². The Morgan fingerprint density at radius 2 is 1.72 bits per heavy atom. The van der Waals surface area contributed by atoms with E-state index in [1.807, 2.05) is 18.2 Å². The van der Waals surface area contributed by atoms with Gasteiger partial charge in [-0.15, -0.1) is 11.8 Å². The molecule has 3 aromatic rings. The Morgan fingerprint density at radius 1 is 1.00 bits per heavy atom. The van der Waals surface area contributed by atoms with Crippen molar-refractivity contribution in [1.29, 1.82) is 0 Å². The van der Waals surface area contributed by atoms with Gasteiger partial charge in [-0.25, -0.2) is 0 Å². The van der Waals surface area contributed by atoms with Crippen molar-refractivity contribution in [2.24, 2.45) is 4.99 Å². The SMILES string of the molecule is CCc1ccc(C2=NC(c3ccc(SC)cc3)NC(c3ccccc3O)C2)cc1. The predicted octanol–water partition coefficient (Wildman–Crippen LogP) is 5.90. The fraction of sp³-hybridized carbons (Fsp3) is 0.240. The van der Waals surface area contributed by atoms with Crippen molar-refractivity contribution in [2.45, 2.75) is 36.9 Å². The molecule has 2 atom stereocenters. The fourth-order valence-electron chi connectivity index (χ4n) is 3.75. The summed E-state index contributed by atoms with van der Waals surface area (Å²) in [7, 11) is 0. The Kier molecular flexibility index (Phi) is 6.02. The minimum Gasteiger partial charge on any atom is -0.508 e. The van der Waals surface area contributed by atoms with Gasteiger partial charge < -0.3 is 5.11 Å². The molecule has 3 nitrogen and oxygen atoms in total. The van der Waals surface area contributed by atoms with Gasteiger partial charge in [0.25, 0.3) is 0 Å². The highest BCUT2D eigenvalue weighted by Gasteiger charge is 2.27. The molecular weight excluding hydrogens is 376 g/mol. The average molecular weight is 403 g/mol. The molecular formula is C25H26N2OS. The standard InChI is InChI=1S/C25H26N2OS/c1-3-17-8-10-18(11-9-17)22-16-23(21-6-4-5-7-24(21)28)27-25(26-22)19-12-14-20(29-2)15-13-19/h4-15,23,25,27-28H,3,16H2,1-2H3. The molecule has 0 aromatic heterocycles. The van der Waals surface area contributed by atoms with Crippen molar-refractivity contribution in [2.75, 3.05) is 6.26 Å². The van der Waals surface area contributed by atoms with Crippen LogP contribution in [-0.4, -0.2) is 17.1 Å². The monoisotopic (exact) mass is 402 g/mol. The molecule has 4 rings (SSSR count). The topological polar surface area (TPSA) is 44.6 Å². The van der Waals surface area contributed by atoms with Crippen LogP contribution in [-0.2, 0) is 6.42 Å². The smallest absolute Gasteiger partial charge is 0.126 e. The van der Waals surface area contributed by atoms with Crippen LogP contribution >= 0.6 is 11.8 Å². The number of phenolic OH excluding ortho intramolecular Hbond substituents is 1. The van der Waals surface area contributed by atoms with Crippen LogP contribution in [0.1, 0.15) is 47.8 Å². The van der Waals surface area contributed by atoms with Crippen LogP contribution < -0.4 is 5.32 Å². The van der Waals surface area contributed by atoms with E-state index in [-0.39, 0.29) is 12.2 Å². The molecule has 0 bridgehead atoms. The van der Waals surface area contributed by atoms with E-state index < -0.39 is 0 Å². The van der Waals surface area contributed by atoms with Crippen molar-refractivity contribution in [1.82, 2.24) is 5.32 Å². The molecule has 0 saturated carbocycles. The molecule has 1 aliphatic heterocycles. The maximum Gasteiger partial charge on any atom is 0.126 e. The molecule has 0 spiro atoms. The minimum absolute atomic E-state index is 0.000205. The predicted molar refractivity (Wildman–Crippen MR) is 122 cm³/mol. The highest BCUT2D eigenvalue weighted by Crippen LogP contribution is 2.34. The third-order valence-corrected chi connectivity index (χ3v) is 6.22. The second-order valence-corrected chi connectivity index (χ2v) is 8.16. The summed E-state index contributed by atoms with van der Waals surface area (Å²) in [4.78, 5) is 6.29. The first-order chi connectivity index (χ1) is 14.2. The molecule has 148 valence electrons. The normalized spacial score (nSPS) is 19.0. The van der Waals surface area contributed by atoms with Crippen LogP contribution in [0.2, 0.25) is 0 Å². The van der Waals surface area contributed by atoms with Gasteiger partial charge in [-0.3, -0.25) is 10.3 Å². The molecule has 0 aliphatic carbocycles. The molecule has 2 N–H and O–H groups in total. The first-order valence-electron chi connectivity index (χ1n) is 10.0. The summed E-state index contributed by atoms with van der Waals surface area (Å²) in [6, 6.07) is 24.8. The quantitative estimate of drug-likeness (QED) is 0.522. The van der Waals surface area contributed by atoms with Gasteiger partial charge in [0.15, 0.2) is 0 Å². The number of nitrogens with zero attached hydrogens (tertiary/aromatic N) is 1. The molecule has 29 heavy (non-hydrogen) atoms. The summed E-state index contributed by atoms with van der Waals surface area (Å²) in [6.07, 6.45) is 3.70. The van der Waals surface area contributed by atoms with Crippen LogP contribution in [0.3, 0.4) is 0 Å². The number of phenols is 1. The third kappa shape index (κ3) is 4.39. The molecule has 0 radical (unpaired) electrons. The lowest BCUT2D eigenvalue weighted by Gasteiger charge is -2.31. The van der Waals surface area contributed by atoms with E-state index in [0.29, 0.717) is 5.75 Å². The van der Waals surface area contributed by atoms with Gasteiger partial charge >= 0.3 is 0 Å². The Balaban J connectivity index is 1.72. The molecule has 2 unspecified atom stereocenters. The van der Waals surface area contributed by atoms with Gasteiger partial charge in [0.1, 0.15) is 11.9 Å². The summed E-state index contributed by atoms with van der Waals surface area (Å²) >= 11 is 1.74. The summed E-state index contributed by atoms with van der Waals surface area (Å²) in [5, 5.41) is 14.1. The van der Waals surface area contributed by atoms with E-state index in [0.717, 1.165) is 35.2 Å². The zero-order valence-electron chi connectivity index (χ0n) is 16.8. The molecule has 0 saturated heterocycles. The van der Waals surface area contributed by atoms with Crippen LogP contribution in [0.25, 0.3) is 0 Å². The van der Waals surface area contributed by atoms with E-state index >= 15 is 0 Å². The van der Waals surface area contributed by atoms with Crippen LogP contribution in [0.15, 0.2) is 82.7 Å². The second kappa shape index (κ2) is 8.85. The summed E-state index contributed by atoms with van der Waals surface area (Å²) in [6.45, 7) is 2.17. The van der Waals surface area contributed by atoms with E-state index in [1.54, 1.807) is 17.8 Å². The van der Waals surface area contributed by atoms with Crippen molar-refractivity contribution in [3.63, 3.8) is 0 Å². The first-order valence-corrected chi connectivity index (χ1v) is 11.2. The van der Waals surface area contributed by atoms with Crippen LogP contribution in [0, 0.1) is 0 Å². The van der Waals surface area contributed by atoms with E-state index in [9.17, 15) is 5.11 Å². The lowest BCUT2D eigenvalue weighted by atomic mass is 9.93. The highest BCUT2D eigenvalue weighted by atomic mass is 32.2. The van der Waals surface area contributed by atoms with Gasteiger partial charge in [0.05, 0.1) is 0 Å². The van der Waals surface area contributed by atoms with Gasteiger partial charge in [0, 0.05) is 28.6 Å². The summed E-state index contributed by atoms with van der Waals surface area (Å²) in [5.41, 5.74) is 5.58. The molecule has 0 amide bonds. The maximum absolute atomic E-state index is 10.4. The van der Waals surface area contributed by atoms with E-state index in [1.165, 1.54) is 10.5 Å². The number of benzene rings is 3. The molecule has 1 aliphatic rings.